The van der Waals surface area contributed by atoms with Crippen LogP contribution in [0.5, 0.6) is 11.5 Å². The van der Waals surface area contributed by atoms with Crippen molar-refractivity contribution in [3.05, 3.63) is 96.2 Å². The third-order valence-corrected chi connectivity index (χ3v) is 7.01. The second-order valence-corrected chi connectivity index (χ2v) is 9.41. The van der Waals surface area contributed by atoms with Crippen LogP contribution in [0.15, 0.2) is 85.1 Å². The van der Waals surface area contributed by atoms with Crippen molar-refractivity contribution in [2.24, 2.45) is 0 Å². The van der Waals surface area contributed by atoms with E-state index in [1.165, 1.54) is 0 Å². The van der Waals surface area contributed by atoms with E-state index in [9.17, 15) is 4.79 Å². The fourth-order valence-electron chi connectivity index (χ4n) is 4.80. The van der Waals surface area contributed by atoms with E-state index in [1.54, 1.807) is 20.4 Å². The molecule has 39 heavy (non-hydrogen) atoms. The molecule has 0 spiro atoms. The van der Waals surface area contributed by atoms with Crippen LogP contribution in [0, 0.1) is 0 Å². The summed E-state index contributed by atoms with van der Waals surface area (Å²) in [6, 6.07) is 25.4. The Morgan fingerprint density at radius 3 is 2.21 bits per heavy atom. The van der Waals surface area contributed by atoms with Gasteiger partial charge in [0.25, 0.3) is 5.91 Å². The lowest BCUT2D eigenvalue weighted by molar-refractivity contribution is 0.0939. The number of nitrogens with zero attached hydrogens (tertiary/aromatic N) is 4. The molecule has 5 rings (SSSR count). The van der Waals surface area contributed by atoms with Crippen molar-refractivity contribution < 1.29 is 14.3 Å². The molecule has 0 radical (unpaired) electrons. The highest BCUT2D eigenvalue weighted by atomic mass is 16.5. The number of ether oxygens (including phenoxy) is 2. The van der Waals surface area contributed by atoms with E-state index < -0.39 is 0 Å². The van der Waals surface area contributed by atoms with Crippen molar-refractivity contribution in [1.82, 2.24) is 15.3 Å². The van der Waals surface area contributed by atoms with Gasteiger partial charge in [-0.2, -0.15) is 0 Å². The number of hydrogen-bond donors (Lipinski definition) is 1. The maximum Gasteiger partial charge on any atom is 0.257 e. The molecular formula is C31H33N5O3. The molecule has 0 saturated carbocycles. The Bertz CT molecular complexity index is 1400. The Hall–Kier alpha value is -4.59. The molecule has 1 fully saturated rings. The Balaban J connectivity index is 1.42. The van der Waals surface area contributed by atoms with Gasteiger partial charge in [-0.25, -0.2) is 9.97 Å². The average molecular weight is 524 g/mol. The molecule has 0 bridgehead atoms. The summed E-state index contributed by atoms with van der Waals surface area (Å²) in [5.74, 6) is 2.61. The van der Waals surface area contributed by atoms with Crippen LogP contribution in [0.1, 0.15) is 28.9 Å². The second-order valence-electron chi connectivity index (χ2n) is 9.41. The fourth-order valence-corrected chi connectivity index (χ4v) is 4.80. The Labute approximate surface area is 229 Å². The van der Waals surface area contributed by atoms with Gasteiger partial charge in [0.05, 0.1) is 25.9 Å². The Kier molecular flexibility index (Phi) is 7.91. The standard InChI is InChI=1S/C31H33N5O3/c1-22(23-9-5-4-6-10-23)33-31(37)26-21-32-29(24-13-15-25(38-2)16-14-24)34-30(26)36-19-17-35(18-20-36)27-11-7-8-12-28(27)39-3/h4-16,21-22H,17-20H2,1-3H3,(H,33,37)/t22-/m0/s1. The number of aromatic nitrogens is 2. The van der Waals surface area contributed by atoms with Gasteiger partial charge in [-0.3, -0.25) is 4.79 Å². The third kappa shape index (κ3) is 5.80. The molecule has 2 heterocycles. The highest BCUT2D eigenvalue weighted by molar-refractivity contribution is 5.99. The largest absolute Gasteiger partial charge is 0.497 e. The summed E-state index contributed by atoms with van der Waals surface area (Å²) in [5, 5.41) is 3.13. The van der Waals surface area contributed by atoms with Gasteiger partial charge >= 0.3 is 0 Å². The molecule has 0 unspecified atom stereocenters. The monoisotopic (exact) mass is 523 g/mol. The van der Waals surface area contributed by atoms with Crippen LogP contribution < -0.4 is 24.6 Å². The number of para-hydroxylation sites is 2. The van der Waals surface area contributed by atoms with Crippen LogP contribution in [0.25, 0.3) is 11.4 Å². The van der Waals surface area contributed by atoms with Crippen LogP contribution in [-0.4, -0.2) is 56.3 Å². The van der Waals surface area contributed by atoms with Gasteiger partial charge in [0.15, 0.2) is 5.82 Å². The average Bonchev–Trinajstić information content (AvgIpc) is 3.01. The van der Waals surface area contributed by atoms with Crippen molar-refractivity contribution in [2.45, 2.75) is 13.0 Å². The van der Waals surface area contributed by atoms with Gasteiger partial charge in [-0.15, -0.1) is 0 Å². The Morgan fingerprint density at radius 1 is 0.846 bits per heavy atom. The number of piperazine rings is 1. The zero-order valence-electron chi connectivity index (χ0n) is 22.5. The van der Waals surface area contributed by atoms with Crippen LogP contribution >= 0.6 is 0 Å². The first kappa shape index (κ1) is 26.0. The number of hydrogen-bond acceptors (Lipinski definition) is 7. The first-order chi connectivity index (χ1) is 19.1. The number of benzene rings is 3. The van der Waals surface area contributed by atoms with Gasteiger partial charge in [0.1, 0.15) is 22.9 Å². The van der Waals surface area contributed by atoms with Crippen LogP contribution in [-0.2, 0) is 0 Å². The number of carbonyl (C=O) groups is 1. The van der Waals surface area contributed by atoms with E-state index in [0.717, 1.165) is 41.4 Å². The van der Waals surface area contributed by atoms with E-state index in [4.69, 9.17) is 14.5 Å². The number of amides is 1. The normalized spacial score (nSPS) is 14.0. The highest BCUT2D eigenvalue weighted by Crippen LogP contribution is 2.30. The lowest BCUT2D eigenvalue weighted by atomic mass is 10.1. The summed E-state index contributed by atoms with van der Waals surface area (Å²) in [5.41, 5.74) is 3.42. The Morgan fingerprint density at radius 2 is 1.51 bits per heavy atom. The van der Waals surface area contributed by atoms with Gasteiger partial charge < -0.3 is 24.6 Å². The lowest BCUT2D eigenvalue weighted by Gasteiger charge is -2.37. The van der Waals surface area contributed by atoms with Crippen LogP contribution in [0.4, 0.5) is 11.5 Å². The van der Waals surface area contributed by atoms with E-state index in [0.29, 0.717) is 30.3 Å². The minimum absolute atomic E-state index is 0.157. The molecule has 1 aliphatic rings. The molecule has 0 aliphatic carbocycles. The molecular weight excluding hydrogens is 490 g/mol. The number of methoxy groups -OCH3 is 2. The smallest absolute Gasteiger partial charge is 0.257 e. The van der Waals surface area contributed by atoms with Crippen molar-refractivity contribution >= 4 is 17.4 Å². The van der Waals surface area contributed by atoms with Gasteiger partial charge in [-0.05, 0) is 48.9 Å². The predicted octanol–water partition coefficient (Wildman–Crippen LogP) is 4.98. The summed E-state index contributed by atoms with van der Waals surface area (Å²) < 4.78 is 10.9. The topological polar surface area (TPSA) is 79.8 Å². The zero-order valence-corrected chi connectivity index (χ0v) is 22.5. The summed E-state index contributed by atoms with van der Waals surface area (Å²) in [6.07, 6.45) is 1.64. The number of rotatable bonds is 8. The lowest BCUT2D eigenvalue weighted by Crippen LogP contribution is -2.47. The van der Waals surface area contributed by atoms with Crippen molar-refractivity contribution in [2.75, 3.05) is 50.2 Å². The molecule has 1 aliphatic heterocycles. The van der Waals surface area contributed by atoms with Gasteiger partial charge in [0.2, 0.25) is 0 Å². The molecule has 1 aromatic heterocycles. The van der Waals surface area contributed by atoms with Gasteiger partial charge in [0, 0.05) is 37.9 Å². The predicted molar refractivity (Wildman–Crippen MR) is 154 cm³/mol. The zero-order chi connectivity index (χ0) is 27.2. The minimum atomic E-state index is -0.199. The van der Waals surface area contributed by atoms with E-state index >= 15 is 0 Å². The first-order valence-electron chi connectivity index (χ1n) is 13.1. The van der Waals surface area contributed by atoms with Crippen LogP contribution in [0.3, 0.4) is 0 Å². The summed E-state index contributed by atoms with van der Waals surface area (Å²) in [4.78, 5) is 27.5. The van der Waals surface area contributed by atoms with Crippen LogP contribution in [0.2, 0.25) is 0 Å². The summed E-state index contributed by atoms with van der Waals surface area (Å²) >= 11 is 0. The summed E-state index contributed by atoms with van der Waals surface area (Å²) in [7, 11) is 3.33. The molecule has 8 nitrogen and oxygen atoms in total. The molecule has 1 atom stereocenters. The quantitative estimate of drug-likeness (QED) is 0.349. The van der Waals surface area contributed by atoms with Crippen molar-refractivity contribution in [1.29, 1.82) is 0 Å². The molecule has 1 saturated heterocycles. The molecule has 8 heteroatoms. The number of anilines is 2. The third-order valence-electron chi connectivity index (χ3n) is 7.01. The summed E-state index contributed by atoms with van der Waals surface area (Å²) in [6.45, 7) is 4.91. The van der Waals surface area contributed by atoms with Crippen molar-refractivity contribution in [3.63, 3.8) is 0 Å². The maximum atomic E-state index is 13.5. The minimum Gasteiger partial charge on any atom is -0.497 e. The van der Waals surface area contributed by atoms with E-state index in [1.807, 2.05) is 79.7 Å². The van der Waals surface area contributed by atoms with E-state index in [2.05, 4.69) is 26.2 Å². The molecule has 1 N–H and O–H groups in total. The molecule has 3 aromatic carbocycles. The number of carbonyl (C=O) groups excluding carboxylic acids is 1. The highest BCUT2D eigenvalue weighted by Gasteiger charge is 2.26. The SMILES string of the molecule is COc1ccc(-c2ncc(C(=O)N[C@@H](C)c3ccccc3)c(N3CCN(c4ccccc4OC)CC3)n2)cc1. The fraction of sp³-hybridized carbons (Fsp3) is 0.258. The van der Waals surface area contributed by atoms with Crippen molar-refractivity contribution in [3.8, 4) is 22.9 Å². The first-order valence-corrected chi connectivity index (χ1v) is 13.1. The maximum absolute atomic E-state index is 13.5. The number of nitrogens with one attached hydrogen (secondary N) is 1. The molecule has 4 aromatic rings. The van der Waals surface area contributed by atoms with E-state index in [-0.39, 0.29) is 11.9 Å². The second kappa shape index (κ2) is 11.9. The van der Waals surface area contributed by atoms with Gasteiger partial charge in [-0.1, -0.05) is 42.5 Å². The molecule has 200 valence electrons. The molecule has 1 amide bonds.